The summed E-state index contributed by atoms with van der Waals surface area (Å²) in [6, 6.07) is 14.4. The Hall–Kier alpha value is -2.68. The Balaban J connectivity index is 1.84. The minimum absolute atomic E-state index is 0.285. The molecule has 1 N–H and O–H groups in total. The summed E-state index contributed by atoms with van der Waals surface area (Å²) in [5.41, 5.74) is 6.55. The summed E-state index contributed by atoms with van der Waals surface area (Å²) in [5.74, 6) is 1.22. The molecule has 3 nitrogen and oxygen atoms in total. The van der Waals surface area contributed by atoms with Crippen molar-refractivity contribution in [1.82, 2.24) is 9.97 Å². The third-order valence-electron chi connectivity index (χ3n) is 5.51. The number of benzene rings is 1. The number of rotatable bonds is 4. The van der Waals surface area contributed by atoms with Gasteiger partial charge in [0.1, 0.15) is 0 Å². The summed E-state index contributed by atoms with van der Waals surface area (Å²) in [5, 5.41) is 0. The summed E-state index contributed by atoms with van der Waals surface area (Å²) in [6.07, 6.45) is 5.98. The molecule has 0 saturated heterocycles. The first-order valence-corrected chi connectivity index (χ1v) is 9.34. The Kier molecular flexibility index (Phi) is 4.46. The average Bonchev–Trinajstić information content (AvgIpc) is 3.02. The standard InChI is InChI=1S/C23H24N2O/c1-15(2)18-13-20-22(21(26)14-18)19(12-16-6-4-3-5-7-16)23(25-20)17-8-10-24-11-9-17/h3-11,15,18,25H,12-14H2,1-2H3. The van der Waals surface area contributed by atoms with E-state index in [1.807, 2.05) is 18.2 Å². The van der Waals surface area contributed by atoms with Crippen molar-refractivity contribution in [2.45, 2.75) is 33.1 Å². The number of aromatic nitrogens is 2. The van der Waals surface area contributed by atoms with Crippen molar-refractivity contribution in [1.29, 1.82) is 0 Å². The molecule has 0 spiro atoms. The minimum atomic E-state index is 0.285. The monoisotopic (exact) mass is 344 g/mol. The van der Waals surface area contributed by atoms with Crippen molar-refractivity contribution in [3.8, 4) is 11.3 Å². The smallest absolute Gasteiger partial charge is 0.165 e. The first-order chi connectivity index (χ1) is 12.6. The fourth-order valence-corrected chi connectivity index (χ4v) is 3.97. The van der Waals surface area contributed by atoms with Crippen LogP contribution in [0, 0.1) is 11.8 Å². The van der Waals surface area contributed by atoms with Crippen LogP contribution in [0.4, 0.5) is 0 Å². The van der Waals surface area contributed by atoms with E-state index in [9.17, 15) is 4.79 Å². The van der Waals surface area contributed by atoms with Gasteiger partial charge in [-0.25, -0.2) is 0 Å². The van der Waals surface area contributed by atoms with Gasteiger partial charge >= 0.3 is 0 Å². The first kappa shape index (κ1) is 16.8. The Morgan fingerprint density at radius 1 is 1.08 bits per heavy atom. The summed E-state index contributed by atoms with van der Waals surface area (Å²) in [7, 11) is 0. The lowest BCUT2D eigenvalue weighted by molar-refractivity contribution is 0.0932. The number of pyridine rings is 1. The highest BCUT2D eigenvalue weighted by molar-refractivity contribution is 6.01. The lowest BCUT2D eigenvalue weighted by Gasteiger charge is -2.25. The number of H-pyrrole nitrogens is 1. The number of carbonyl (C=O) groups is 1. The summed E-state index contributed by atoms with van der Waals surface area (Å²) in [6.45, 7) is 4.42. The molecule has 1 aliphatic carbocycles. The van der Waals surface area contributed by atoms with E-state index >= 15 is 0 Å². The predicted octanol–water partition coefficient (Wildman–Crippen LogP) is 5.07. The van der Waals surface area contributed by atoms with Crippen LogP contribution in [0.5, 0.6) is 0 Å². The highest BCUT2D eigenvalue weighted by Crippen LogP contribution is 2.37. The second kappa shape index (κ2) is 6.91. The van der Waals surface area contributed by atoms with Crippen molar-refractivity contribution in [2.75, 3.05) is 0 Å². The van der Waals surface area contributed by atoms with Crippen molar-refractivity contribution >= 4 is 5.78 Å². The fraction of sp³-hybridized carbons (Fsp3) is 0.304. The quantitative estimate of drug-likeness (QED) is 0.718. The largest absolute Gasteiger partial charge is 0.358 e. The van der Waals surface area contributed by atoms with Gasteiger partial charge in [0.05, 0.1) is 5.69 Å². The molecule has 0 bridgehead atoms. The van der Waals surface area contributed by atoms with E-state index in [1.54, 1.807) is 12.4 Å². The van der Waals surface area contributed by atoms with Gasteiger partial charge in [-0.15, -0.1) is 0 Å². The molecule has 1 unspecified atom stereocenters. The van der Waals surface area contributed by atoms with Gasteiger partial charge in [0, 0.05) is 42.1 Å². The molecule has 3 aromatic rings. The third-order valence-corrected chi connectivity index (χ3v) is 5.51. The van der Waals surface area contributed by atoms with E-state index in [2.05, 4.69) is 48.1 Å². The van der Waals surface area contributed by atoms with Gasteiger partial charge in [0.2, 0.25) is 0 Å². The highest BCUT2D eigenvalue weighted by Gasteiger charge is 2.32. The molecule has 0 radical (unpaired) electrons. The number of hydrogen-bond acceptors (Lipinski definition) is 2. The number of ketones is 1. The molecule has 2 aromatic heterocycles. The van der Waals surface area contributed by atoms with E-state index in [4.69, 9.17) is 0 Å². The molecule has 1 atom stereocenters. The van der Waals surface area contributed by atoms with Gasteiger partial charge in [-0.05, 0) is 41.5 Å². The SMILES string of the molecule is CC(C)C1CC(=O)c2c([nH]c(-c3ccncc3)c2Cc2ccccc2)C1. The molecule has 0 aliphatic heterocycles. The average molecular weight is 344 g/mol. The van der Waals surface area contributed by atoms with E-state index in [-0.39, 0.29) is 5.78 Å². The van der Waals surface area contributed by atoms with E-state index in [0.29, 0.717) is 18.3 Å². The van der Waals surface area contributed by atoms with Crippen LogP contribution in [-0.4, -0.2) is 15.8 Å². The molecule has 1 aliphatic rings. The van der Waals surface area contributed by atoms with Crippen molar-refractivity contribution in [3.63, 3.8) is 0 Å². The molecular weight excluding hydrogens is 320 g/mol. The number of carbonyl (C=O) groups excluding carboxylic acids is 1. The molecule has 0 saturated carbocycles. The number of fused-ring (bicyclic) bond motifs is 1. The maximum absolute atomic E-state index is 13.0. The lowest BCUT2D eigenvalue weighted by atomic mass is 9.79. The second-order valence-electron chi connectivity index (χ2n) is 7.57. The molecular formula is C23H24N2O. The maximum Gasteiger partial charge on any atom is 0.165 e. The molecule has 0 fully saturated rings. The van der Waals surface area contributed by atoms with Gasteiger partial charge in [-0.1, -0.05) is 44.2 Å². The van der Waals surface area contributed by atoms with Crippen LogP contribution in [0.3, 0.4) is 0 Å². The van der Waals surface area contributed by atoms with Crippen LogP contribution < -0.4 is 0 Å². The topological polar surface area (TPSA) is 45.8 Å². The van der Waals surface area contributed by atoms with Crippen molar-refractivity contribution < 1.29 is 4.79 Å². The zero-order valence-electron chi connectivity index (χ0n) is 15.3. The van der Waals surface area contributed by atoms with Gasteiger partial charge < -0.3 is 4.98 Å². The highest BCUT2D eigenvalue weighted by atomic mass is 16.1. The van der Waals surface area contributed by atoms with Crippen molar-refractivity contribution in [3.05, 3.63) is 77.2 Å². The Bertz CT molecular complexity index is 910. The van der Waals surface area contributed by atoms with Gasteiger partial charge in [-0.3, -0.25) is 9.78 Å². The summed E-state index contributed by atoms with van der Waals surface area (Å²) < 4.78 is 0. The normalized spacial score (nSPS) is 16.7. The number of Topliss-reactive ketones (excluding diaryl/α,β-unsaturated/α-hetero) is 1. The van der Waals surface area contributed by atoms with E-state index < -0.39 is 0 Å². The molecule has 1 aromatic carbocycles. The van der Waals surface area contributed by atoms with Gasteiger partial charge in [-0.2, -0.15) is 0 Å². The van der Waals surface area contributed by atoms with Crippen LogP contribution >= 0.6 is 0 Å². The molecule has 4 rings (SSSR count). The zero-order valence-corrected chi connectivity index (χ0v) is 15.3. The summed E-state index contributed by atoms with van der Waals surface area (Å²) >= 11 is 0. The second-order valence-corrected chi connectivity index (χ2v) is 7.57. The molecule has 132 valence electrons. The van der Waals surface area contributed by atoms with Crippen LogP contribution in [-0.2, 0) is 12.8 Å². The summed E-state index contributed by atoms with van der Waals surface area (Å²) in [4.78, 5) is 20.8. The molecule has 3 heteroatoms. The van der Waals surface area contributed by atoms with Crippen molar-refractivity contribution in [2.24, 2.45) is 11.8 Å². The number of nitrogens with zero attached hydrogens (tertiary/aromatic N) is 1. The number of hydrogen-bond donors (Lipinski definition) is 1. The molecule has 2 heterocycles. The maximum atomic E-state index is 13.0. The fourth-order valence-electron chi connectivity index (χ4n) is 3.97. The van der Waals surface area contributed by atoms with Gasteiger partial charge in [0.15, 0.2) is 5.78 Å². The molecule has 0 amide bonds. The van der Waals surface area contributed by atoms with Crippen LogP contribution in [0.2, 0.25) is 0 Å². The van der Waals surface area contributed by atoms with Gasteiger partial charge in [0.25, 0.3) is 0 Å². The Labute approximate surface area is 154 Å². The first-order valence-electron chi connectivity index (χ1n) is 9.34. The number of nitrogens with one attached hydrogen (secondary N) is 1. The Morgan fingerprint density at radius 2 is 1.81 bits per heavy atom. The van der Waals surface area contributed by atoms with Crippen LogP contribution in [0.15, 0.2) is 54.9 Å². The zero-order chi connectivity index (χ0) is 18.1. The third kappa shape index (κ3) is 3.10. The van der Waals surface area contributed by atoms with E-state index in [0.717, 1.165) is 40.9 Å². The molecule has 26 heavy (non-hydrogen) atoms. The Morgan fingerprint density at radius 3 is 2.50 bits per heavy atom. The van der Waals surface area contributed by atoms with Crippen LogP contribution in [0.1, 0.15) is 47.4 Å². The minimum Gasteiger partial charge on any atom is -0.358 e. The predicted molar refractivity (Wildman–Crippen MR) is 104 cm³/mol. The van der Waals surface area contributed by atoms with Crippen LogP contribution in [0.25, 0.3) is 11.3 Å². The number of aromatic amines is 1. The lowest BCUT2D eigenvalue weighted by Crippen LogP contribution is -2.24. The van der Waals surface area contributed by atoms with E-state index in [1.165, 1.54) is 5.56 Å².